The minimum atomic E-state index is -0.544. The first-order valence-corrected chi connectivity index (χ1v) is 5.35. The molecule has 92 valence electrons. The molecule has 0 bridgehead atoms. The summed E-state index contributed by atoms with van der Waals surface area (Å²) in [6, 6.07) is 0. The molecule has 16 heavy (non-hydrogen) atoms. The number of ether oxygens (including phenoxy) is 3. The molecule has 0 atom stereocenters. The predicted molar refractivity (Wildman–Crippen MR) is 59.9 cm³/mol. The van der Waals surface area contributed by atoms with Crippen LogP contribution < -0.4 is 0 Å². The molecule has 0 spiro atoms. The molecule has 0 N–H and O–H groups in total. The Balaban J connectivity index is 2.43. The molecule has 1 aliphatic rings. The summed E-state index contributed by atoms with van der Waals surface area (Å²) in [7, 11) is 0. The molecule has 0 saturated carbocycles. The van der Waals surface area contributed by atoms with Crippen molar-refractivity contribution < 1.29 is 19.0 Å². The summed E-state index contributed by atoms with van der Waals surface area (Å²) in [6.45, 7) is 12.2. The lowest BCUT2D eigenvalue weighted by molar-refractivity contribution is -0.287. The number of carbonyl (C=O) groups is 1. The summed E-state index contributed by atoms with van der Waals surface area (Å²) in [5.74, 6) is -0.913. The maximum atomic E-state index is 11.3. The van der Waals surface area contributed by atoms with Crippen molar-refractivity contribution in [2.75, 3.05) is 19.8 Å². The number of hydrogen-bond donors (Lipinski definition) is 0. The highest BCUT2D eigenvalue weighted by Gasteiger charge is 2.37. The van der Waals surface area contributed by atoms with Crippen molar-refractivity contribution >= 4 is 5.97 Å². The molecular formula is C12H20O4. The monoisotopic (exact) mass is 228 g/mol. The number of carbonyl (C=O) groups excluding carboxylic acids is 1. The smallest absolute Gasteiger partial charge is 0.333 e. The quantitative estimate of drug-likeness (QED) is 0.546. The van der Waals surface area contributed by atoms with E-state index in [-0.39, 0.29) is 18.0 Å². The van der Waals surface area contributed by atoms with Gasteiger partial charge in [0.05, 0.1) is 13.2 Å². The SMILES string of the molecule is C=C(C)C(=O)OCC1(C)COC(C)(C)OC1. The van der Waals surface area contributed by atoms with Gasteiger partial charge in [-0.3, -0.25) is 0 Å². The molecule has 4 nitrogen and oxygen atoms in total. The van der Waals surface area contributed by atoms with Gasteiger partial charge in [-0.2, -0.15) is 0 Å². The third-order valence-electron chi connectivity index (χ3n) is 2.44. The Labute approximate surface area is 96.6 Å². The van der Waals surface area contributed by atoms with Crippen molar-refractivity contribution in [2.45, 2.75) is 33.5 Å². The highest BCUT2D eigenvalue weighted by atomic mass is 16.7. The van der Waals surface area contributed by atoms with E-state index >= 15 is 0 Å². The normalized spacial score (nSPS) is 22.5. The summed E-state index contributed by atoms with van der Waals surface area (Å²) in [5.41, 5.74) is 0.127. The third kappa shape index (κ3) is 3.61. The second-order valence-electron chi connectivity index (χ2n) is 5.14. The fourth-order valence-corrected chi connectivity index (χ4v) is 1.23. The molecule has 0 aromatic rings. The van der Waals surface area contributed by atoms with E-state index < -0.39 is 5.79 Å². The topological polar surface area (TPSA) is 44.8 Å². The number of esters is 1. The van der Waals surface area contributed by atoms with Crippen LogP contribution in [0.1, 0.15) is 27.7 Å². The van der Waals surface area contributed by atoms with Gasteiger partial charge in [0.15, 0.2) is 5.79 Å². The maximum Gasteiger partial charge on any atom is 0.333 e. The van der Waals surface area contributed by atoms with E-state index in [0.717, 1.165) is 0 Å². The molecule has 4 heteroatoms. The lowest BCUT2D eigenvalue weighted by atomic mass is 9.93. The molecular weight excluding hydrogens is 208 g/mol. The van der Waals surface area contributed by atoms with Crippen LogP contribution in [0, 0.1) is 5.41 Å². The Hall–Kier alpha value is -0.870. The molecule has 1 rings (SSSR count). The molecule has 0 unspecified atom stereocenters. The van der Waals surface area contributed by atoms with Crippen LogP contribution >= 0.6 is 0 Å². The highest BCUT2D eigenvalue weighted by Crippen LogP contribution is 2.29. The van der Waals surface area contributed by atoms with Gasteiger partial charge in [-0.05, 0) is 20.8 Å². The summed E-state index contributed by atoms with van der Waals surface area (Å²) in [6.07, 6.45) is 0. The van der Waals surface area contributed by atoms with Crippen LogP contribution in [0.2, 0.25) is 0 Å². The van der Waals surface area contributed by atoms with Gasteiger partial charge in [0.2, 0.25) is 0 Å². The molecule has 0 radical (unpaired) electrons. The average Bonchev–Trinajstić information content (AvgIpc) is 2.20. The fourth-order valence-electron chi connectivity index (χ4n) is 1.23. The number of hydrogen-bond acceptors (Lipinski definition) is 4. The highest BCUT2D eigenvalue weighted by molar-refractivity contribution is 5.86. The van der Waals surface area contributed by atoms with E-state index in [1.807, 2.05) is 20.8 Å². The fraction of sp³-hybridized carbons (Fsp3) is 0.750. The van der Waals surface area contributed by atoms with Crippen LogP contribution in [0.25, 0.3) is 0 Å². The van der Waals surface area contributed by atoms with Gasteiger partial charge < -0.3 is 14.2 Å². The lowest BCUT2D eigenvalue weighted by Gasteiger charge is -2.40. The molecule has 1 aliphatic heterocycles. The van der Waals surface area contributed by atoms with Gasteiger partial charge in [-0.1, -0.05) is 13.5 Å². The minimum Gasteiger partial charge on any atom is -0.462 e. The zero-order valence-electron chi connectivity index (χ0n) is 10.5. The summed E-state index contributed by atoms with van der Waals surface area (Å²) < 4.78 is 16.2. The van der Waals surface area contributed by atoms with Crippen molar-refractivity contribution in [1.82, 2.24) is 0 Å². The van der Waals surface area contributed by atoms with E-state index in [1.54, 1.807) is 6.92 Å². The Morgan fingerprint density at radius 2 is 1.81 bits per heavy atom. The first-order valence-electron chi connectivity index (χ1n) is 5.35. The zero-order valence-corrected chi connectivity index (χ0v) is 10.5. The van der Waals surface area contributed by atoms with Crippen molar-refractivity contribution in [1.29, 1.82) is 0 Å². The molecule has 0 aromatic heterocycles. The lowest BCUT2D eigenvalue weighted by Crippen LogP contribution is -2.47. The third-order valence-corrected chi connectivity index (χ3v) is 2.44. The summed E-state index contributed by atoms with van der Waals surface area (Å²) >= 11 is 0. The van der Waals surface area contributed by atoms with Crippen LogP contribution in [0.5, 0.6) is 0 Å². The predicted octanol–water partition coefficient (Wildman–Crippen LogP) is 1.89. The maximum absolute atomic E-state index is 11.3. The Morgan fingerprint density at radius 3 is 2.25 bits per heavy atom. The molecule has 0 aliphatic carbocycles. The van der Waals surface area contributed by atoms with Gasteiger partial charge in [0.1, 0.15) is 6.61 Å². The van der Waals surface area contributed by atoms with Crippen molar-refractivity contribution in [3.63, 3.8) is 0 Å². The number of rotatable bonds is 3. The first-order chi connectivity index (χ1) is 7.24. The largest absolute Gasteiger partial charge is 0.462 e. The van der Waals surface area contributed by atoms with E-state index in [1.165, 1.54) is 0 Å². The van der Waals surface area contributed by atoms with E-state index in [2.05, 4.69) is 6.58 Å². The average molecular weight is 228 g/mol. The van der Waals surface area contributed by atoms with E-state index in [4.69, 9.17) is 14.2 Å². The molecule has 1 saturated heterocycles. The molecule has 1 heterocycles. The Morgan fingerprint density at radius 1 is 1.31 bits per heavy atom. The van der Waals surface area contributed by atoms with Crippen molar-refractivity contribution in [3.8, 4) is 0 Å². The van der Waals surface area contributed by atoms with Crippen molar-refractivity contribution in [2.24, 2.45) is 5.41 Å². The van der Waals surface area contributed by atoms with Gasteiger partial charge in [-0.25, -0.2) is 4.79 Å². The van der Waals surface area contributed by atoms with E-state index in [0.29, 0.717) is 18.8 Å². The second kappa shape index (κ2) is 4.55. The van der Waals surface area contributed by atoms with Gasteiger partial charge >= 0.3 is 5.97 Å². The Kier molecular flexibility index (Phi) is 3.76. The summed E-state index contributed by atoms with van der Waals surface area (Å²) in [5, 5.41) is 0. The van der Waals surface area contributed by atoms with Crippen LogP contribution in [0.3, 0.4) is 0 Å². The zero-order chi connectivity index (χ0) is 12.4. The second-order valence-corrected chi connectivity index (χ2v) is 5.14. The first kappa shape index (κ1) is 13.2. The van der Waals surface area contributed by atoms with Crippen LogP contribution in [-0.4, -0.2) is 31.6 Å². The van der Waals surface area contributed by atoms with Crippen molar-refractivity contribution in [3.05, 3.63) is 12.2 Å². The van der Waals surface area contributed by atoms with Gasteiger partial charge in [-0.15, -0.1) is 0 Å². The molecule has 0 amide bonds. The van der Waals surface area contributed by atoms with Crippen LogP contribution in [0.15, 0.2) is 12.2 Å². The Bertz CT molecular complexity index is 283. The van der Waals surface area contributed by atoms with Crippen LogP contribution in [0.4, 0.5) is 0 Å². The molecule has 1 fully saturated rings. The summed E-state index contributed by atoms with van der Waals surface area (Å²) in [4.78, 5) is 11.3. The van der Waals surface area contributed by atoms with Gasteiger partial charge in [0.25, 0.3) is 0 Å². The standard InChI is InChI=1S/C12H20O4/c1-9(2)10(13)14-6-12(5)7-15-11(3,4)16-8-12/h1,6-8H2,2-5H3. The minimum absolute atomic E-state index is 0.277. The van der Waals surface area contributed by atoms with Crippen LogP contribution in [-0.2, 0) is 19.0 Å². The van der Waals surface area contributed by atoms with E-state index in [9.17, 15) is 4.79 Å². The molecule has 0 aromatic carbocycles. The van der Waals surface area contributed by atoms with Gasteiger partial charge in [0, 0.05) is 11.0 Å².